The summed E-state index contributed by atoms with van der Waals surface area (Å²) >= 11 is 9.07. The molecule has 6 heterocycles. The summed E-state index contributed by atoms with van der Waals surface area (Å²) in [5.74, 6) is -3.04. The van der Waals surface area contributed by atoms with E-state index in [1.807, 2.05) is 12.1 Å². The topological polar surface area (TPSA) is 251 Å². The molecule has 0 aliphatic carbocycles. The van der Waals surface area contributed by atoms with Crippen LogP contribution in [0.25, 0.3) is 22.5 Å². The number of nitrogens with zero attached hydrogens (tertiary/aromatic N) is 12. The van der Waals surface area contributed by atoms with Crippen LogP contribution in [0.1, 0.15) is 69.7 Å². The van der Waals surface area contributed by atoms with Crippen molar-refractivity contribution in [2.24, 2.45) is 14.1 Å². The summed E-state index contributed by atoms with van der Waals surface area (Å²) in [6.45, 7) is 3.28. The minimum atomic E-state index is -0.940. The van der Waals surface area contributed by atoms with Crippen molar-refractivity contribution in [1.29, 1.82) is 10.5 Å². The van der Waals surface area contributed by atoms with Gasteiger partial charge in [-0.1, -0.05) is 0 Å². The normalized spacial score (nSPS) is 11.5. The van der Waals surface area contributed by atoms with E-state index in [0.29, 0.717) is 61.1 Å². The summed E-state index contributed by atoms with van der Waals surface area (Å²) in [7, 11) is 3.55. The smallest absolute Gasteiger partial charge is 0.406 e. The number of thiazole rings is 2. The molecule has 0 aliphatic heterocycles. The van der Waals surface area contributed by atoms with Crippen LogP contribution in [-0.2, 0) is 26.9 Å². The van der Waals surface area contributed by atoms with Crippen LogP contribution < -0.4 is 4.74 Å². The van der Waals surface area contributed by atoms with Crippen molar-refractivity contribution in [3.63, 3.8) is 0 Å². The maximum absolute atomic E-state index is 14.3. The molecule has 8 rings (SSSR count). The highest BCUT2D eigenvalue weighted by atomic mass is 79.9. The minimum absolute atomic E-state index is 0.0421. The van der Waals surface area contributed by atoms with Gasteiger partial charge in [0.05, 0.1) is 37.5 Å². The fourth-order valence-corrected chi connectivity index (χ4v) is 8.82. The van der Waals surface area contributed by atoms with Gasteiger partial charge in [0.25, 0.3) is 0 Å². The minimum Gasteiger partial charge on any atom is -0.478 e. The van der Waals surface area contributed by atoms with Crippen molar-refractivity contribution in [3.8, 4) is 40.4 Å². The maximum atomic E-state index is 14.3. The van der Waals surface area contributed by atoms with Gasteiger partial charge in [0.2, 0.25) is 11.6 Å². The highest BCUT2D eigenvalue weighted by Gasteiger charge is 2.25. The Morgan fingerprint density at radius 1 is 0.725 bits per heavy atom. The molecule has 2 atom stereocenters. The largest absolute Gasteiger partial charge is 0.478 e. The van der Waals surface area contributed by atoms with E-state index in [9.17, 15) is 38.5 Å². The van der Waals surface area contributed by atoms with Crippen molar-refractivity contribution >= 4 is 66.2 Å². The summed E-state index contributed by atoms with van der Waals surface area (Å²) in [5.41, 5.74) is 9.49. The first-order chi connectivity index (χ1) is 32.9. The zero-order valence-electron chi connectivity index (χ0n) is 36.2. The van der Waals surface area contributed by atoms with E-state index in [-0.39, 0.29) is 5.75 Å². The molecule has 0 unspecified atom stereocenters. The summed E-state index contributed by atoms with van der Waals surface area (Å²) in [4.78, 5) is 37.7. The Balaban J connectivity index is 0.000000193. The van der Waals surface area contributed by atoms with Crippen molar-refractivity contribution in [3.05, 3.63) is 174 Å². The van der Waals surface area contributed by atoms with E-state index >= 15 is 0 Å². The average molecular weight is 1110 g/mol. The Labute approximate surface area is 414 Å². The second-order valence-electron chi connectivity index (χ2n) is 14.5. The van der Waals surface area contributed by atoms with Crippen LogP contribution in [0.2, 0.25) is 0 Å². The van der Waals surface area contributed by atoms with Crippen LogP contribution in [0, 0.1) is 60.3 Å². The molecule has 0 spiro atoms. The first kappa shape index (κ1) is 51.1. The average Bonchev–Trinajstić information content (AvgIpc) is 4.12. The number of benzene rings is 2. The van der Waals surface area contributed by atoms with Crippen molar-refractivity contribution < 1.29 is 32.9 Å². The fraction of sp³-hybridized carbons (Fsp3) is 0.182. The van der Waals surface area contributed by atoms with Gasteiger partial charge in [-0.2, -0.15) is 25.1 Å². The van der Waals surface area contributed by atoms with Gasteiger partial charge in [0, 0.05) is 76.9 Å². The summed E-state index contributed by atoms with van der Waals surface area (Å²) in [6, 6.07) is 18.5. The zero-order chi connectivity index (χ0) is 50.1. The first-order valence-corrected chi connectivity index (χ1v) is 23.1. The number of hydrogen-bond acceptors (Lipinski definition) is 16. The zero-order valence-corrected chi connectivity index (χ0v) is 41.0. The van der Waals surface area contributed by atoms with Gasteiger partial charge >= 0.3 is 11.6 Å². The number of hydrogen-bond donors (Lipinski definition) is 1. The number of aryl methyl sites for hydroxylation is 2. The van der Waals surface area contributed by atoms with Gasteiger partial charge in [0.15, 0.2) is 23.8 Å². The molecule has 25 heteroatoms. The molecule has 18 nitrogen and oxygen atoms in total. The molecule has 0 aliphatic rings. The molecule has 69 heavy (non-hydrogen) atoms. The van der Waals surface area contributed by atoms with E-state index in [0.717, 1.165) is 32.9 Å². The Morgan fingerprint density at radius 3 is 1.64 bits per heavy atom. The lowest BCUT2D eigenvalue weighted by atomic mass is 9.98. The molecule has 8 aromatic rings. The molecule has 0 saturated heterocycles. The lowest BCUT2D eigenvalue weighted by Crippen LogP contribution is -2.08. The number of aliphatic hydroxyl groups excluding tert-OH is 1. The number of rotatable bonds is 12. The molecule has 0 saturated carbocycles. The van der Waals surface area contributed by atoms with Gasteiger partial charge in [0.1, 0.15) is 29.9 Å². The summed E-state index contributed by atoms with van der Waals surface area (Å²) in [5, 5.41) is 57.7. The lowest BCUT2D eigenvalue weighted by Gasteiger charge is -2.18. The predicted octanol–water partition coefficient (Wildman–Crippen LogP) is 10.4. The highest BCUT2D eigenvalue weighted by Crippen LogP contribution is 2.38. The van der Waals surface area contributed by atoms with Gasteiger partial charge < -0.3 is 30.1 Å². The van der Waals surface area contributed by atoms with E-state index < -0.39 is 51.1 Å². The van der Waals surface area contributed by atoms with Gasteiger partial charge in [-0.15, -0.1) is 22.7 Å². The molecule has 1 N–H and O–H groups in total. The van der Waals surface area contributed by atoms with Crippen molar-refractivity contribution in [2.45, 2.75) is 38.9 Å². The molecule has 352 valence electrons. The van der Waals surface area contributed by atoms with E-state index in [1.54, 1.807) is 72.6 Å². The second kappa shape index (κ2) is 22.7. The third-order valence-corrected chi connectivity index (χ3v) is 12.3. The van der Waals surface area contributed by atoms with E-state index in [1.165, 1.54) is 65.4 Å². The number of nitro groups is 2. The number of aliphatic hydroxyl groups is 1. The van der Waals surface area contributed by atoms with Crippen molar-refractivity contribution in [1.82, 2.24) is 39.5 Å². The van der Waals surface area contributed by atoms with Crippen LogP contribution in [0.15, 0.2) is 93.0 Å². The Hall–Kier alpha value is -7.29. The highest BCUT2D eigenvalue weighted by molar-refractivity contribution is 9.10. The standard InChI is InChI=1S/C22H16BrFN6O3S.C17H15FN4OS.C5H2BrFN2O2/c1-12(33-19-5-13(23)10-26-22(19)30(31)32)18-6-14(24)3-4-17(18)21-20(34-11-27-21)8-16-7-15(9-25)28-29(16)2;1-10(23)15-5-11(18)3-4-14(15)17-16(24-9-20-17)7-13-6-12(8-19)21-22(13)2;6-3-1-4(7)5(8-2-3)9(10)11/h3-7,10-12H,8H2,1-2H3;3-6,9-10,23H,7H2,1-2H3;1-2H/t12-;10-;/m11./s1. The molecule has 2 aromatic carbocycles. The van der Waals surface area contributed by atoms with Gasteiger partial charge in [-0.25, -0.2) is 18.7 Å². The van der Waals surface area contributed by atoms with E-state index in [2.05, 4.69) is 62.0 Å². The molecule has 6 aromatic heterocycles. The number of ether oxygens (including phenoxy) is 1. The van der Waals surface area contributed by atoms with Gasteiger partial charge in [-0.05, 0) is 120 Å². The number of halogens is 5. The monoisotopic (exact) mass is 1100 g/mol. The molecule has 0 fully saturated rings. The third-order valence-electron chi connectivity index (χ3n) is 9.81. The van der Waals surface area contributed by atoms with E-state index in [4.69, 9.17) is 15.3 Å². The van der Waals surface area contributed by atoms with Crippen molar-refractivity contribution in [2.75, 3.05) is 0 Å². The summed E-state index contributed by atoms with van der Waals surface area (Å²) < 4.78 is 50.4. The predicted molar refractivity (Wildman–Crippen MR) is 253 cm³/mol. The Morgan fingerprint density at radius 2 is 1.19 bits per heavy atom. The number of aromatic nitrogens is 8. The molecule has 0 bridgehead atoms. The molecular formula is C44H33Br2F3N12O6S2. The quantitative estimate of drug-likeness (QED) is 0.0883. The maximum Gasteiger partial charge on any atom is 0.406 e. The molecule has 0 radical (unpaired) electrons. The van der Waals surface area contributed by atoms with Crippen LogP contribution in [0.3, 0.4) is 0 Å². The van der Waals surface area contributed by atoms with Crippen LogP contribution >= 0.6 is 54.5 Å². The third kappa shape index (κ3) is 12.6. The second-order valence-corrected chi connectivity index (χ2v) is 18.2. The van der Waals surface area contributed by atoms with Gasteiger partial charge in [-0.3, -0.25) is 9.36 Å². The van der Waals surface area contributed by atoms with Crippen LogP contribution in [0.4, 0.5) is 24.8 Å². The fourth-order valence-electron chi connectivity index (χ4n) is 6.63. The number of nitriles is 2. The molecular weight excluding hydrogens is 1070 g/mol. The van der Waals surface area contributed by atoms with Crippen LogP contribution in [-0.4, -0.2) is 54.5 Å². The molecule has 0 amide bonds. The Bertz CT molecular complexity index is 3280. The first-order valence-electron chi connectivity index (χ1n) is 19.8. The van der Waals surface area contributed by atoms with Crippen LogP contribution in [0.5, 0.6) is 5.75 Å². The SMILES string of the molecule is C[C@@H](O)c1cc(F)ccc1-c1ncsc1Cc1cc(C#N)nn1C.C[C@@H](Oc1cc(Br)cnc1[N+](=O)[O-])c1cc(F)ccc1-c1ncsc1Cc1cc(C#N)nn1C.O=[N+]([O-])c1ncc(Br)cc1F. The Kier molecular flexibility index (Phi) is 16.8. The lowest BCUT2D eigenvalue weighted by molar-refractivity contribution is -0.392. The summed E-state index contributed by atoms with van der Waals surface area (Å²) in [6.07, 6.45) is 1.95. The number of pyridine rings is 2.